The number of likely N-dealkylation sites (tertiary alicyclic amines) is 1. The summed E-state index contributed by atoms with van der Waals surface area (Å²) >= 11 is 0. The maximum absolute atomic E-state index is 12.9. The van der Waals surface area contributed by atoms with Crippen LogP contribution in [0.4, 0.5) is 0 Å². The summed E-state index contributed by atoms with van der Waals surface area (Å²) in [6.45, 7) is 1.80. The maximum atomic E-state index is 12.9. The Morgan fingerprint density at radius 2 is 1.96 bits per heavy atom. The topological polar surface area (TPSA) is 73.6 Å². The molecule has 6 heteroatoms. The number of nitriles is 1. The maximum Gasteiger partial charge on any atom is 0.249 e. The summed E-state index contributed by atoms with van der Waals surface area (Å²) < 4.78 is 5.33. The van der Waals surface area contributed by atoms with E-state index in [0.717, 1.165) is 5.56 Å². The van der Waals surface area contributed by atoms with Crippen LogP contribution in [0.2, 0.25) is 0 Å². The lowest BCUT2D eigenvalue weighted by Gasteiger charge is -2.39. The number of piperidine rings is 1. The molecule has 1 atom stereocenters. The number of hydrogen-bond donors (Lipinski definition) is 0. The van der Waals surface area contributed by atoms with Crippen LogP contribution < -0.4 is 0 Å². The van der Waals surface area contributed by atoms with Crippen molar-refractivity contribution in [2.24, 2.45) is 5.92 Å². The van der Waals surface area contributed by atoms with Crippen molar-refractivity contribution in [2.75, 3.05) is 26.3 Å². The highest BCUT2D eigenvalue weighted by molar-refractivity contribution is 5.89. The molecule has 2 heterocycles. The number of carbonyl (C=O) groups is 2. The molecule has 1 aromatic carbocycles. The zero-order valence-corrected chi connectivity index (χ0v) is 13.6. The van der Waals surface area contributed by atoms with Gasteiger partial charge in [0, 0.05) is 25.6 Å². The summed E-state index contributed by atoms with van der Waals surface area (Å²) in [5, 5.41) is 8.98. The van der Waals surface area contributed by atoms with Gasteiger partial charge in [-0.25, -0.2) is 0 Å². The molecule has 0 N–H and O–H groups in total. The molecular weight excluding hydrogens is 306 g/mol. The van der Waals surface area contributed by atoms with Crippen molar-refractivity contribution < 1.29 is 14.3 Å². The normalized spacial score (nSPS) is 22.3. The minimum absolute atomic E-state index is 0.0210. The van der Waals surface area contributed by atoms with Crippen molar-refractivity contribution in [1.82, 2.24) is 9.80 Å². The molecule has 2 aliphatic rings. The highest BCUT2D eigenvalue weighted by Crippen LogP contribution is 2.20. The summed E-state index contributed by atoms with van der Waals surface area (Å²) in [7, 11) is 0. The van der Waals surface area contributed by atoms with E-state index >= 15 is 0 Å². The average Bonchev–Trinajstić information content (AvgIpc) is 2.64. The SMILES string of the molecule is N#CC1CCN(C(=O)[C@H]2COCC(=O)N2Cc2ccccc2)CC1. The van der Waals surface area contributed by atoms with E-state index in [1.165, 1.54) is 0 Å². The summed E-state index contributed by atoms with van der Waals surface area (Å²) in [6.07, 6.45) is 1.39. The lowest BCUT2D eigenvalue weighted by Crippen LogP contribution is -2.57. The van der Waals surface area contributed by atoms with Gasteiger partial charge in [-0.15, -0.1) is 0 Å². The molecule has 0 bridgehead atoms. The van der Waals surface area contributed by atoms with Crippen LogP contribution in [0.3, 0.4) is 0 Å². The molecule has 2 aliphatic heterocycles. The van der Waals surface area contributed by atoms with Gasteiger partial charge in [-0.05, 0) is 18.4 Å². The van der Waals surface area contributed by atoms with Crippen molar-refractivity contribution >= 4 is 11.8 Å². The number of nitrogens with zero attached hydrogens (tertiary/aromatic N) is 3. The zero-order valence-electron chi connectivity index (χ0n) is 13.6. The Morgan fingerprint density at radius 1 is 1.25 bits per heavy atom. The molecule has 0 radical (unpaired) electrons. The van der Waals surface area contributed by atoms with E-state index < -0.39 is 6.04 Å². The minimum atomic E-state index is -0.579. The number of benzene rings is 1. The highest BCUT2D eigenvalue weighted by atomic mass is 16.5. The number of amides is 2. The Kier molecular flexibility index (Phi) is 5.11. The third-order valence-electron chi connectivity index (χ3n) is 4.67. The first-order valence-electron chi connectivity index (χ1n) is 8.28. The fourth-order valence-electron chi connectivity index (χ4n) is 3.23. The van der Waals surface area contributed by atoms with Crippen LogP contribution >= 0.6 is 0 Å². The molecule has 0 aromatic heterocycles. The Morgan fingerprint density at radius 3 is 2.62 bits per heavy atom. The lowest BCUT2D eigenvalue weighted by atomic mass is 9.98. The number of rotatable bonds is 3. The van der Waals surface area contributed by atoms with Gasteiger partial charge in [0.15, 0.2) is 0 Å². The van der Waals surface area contributed by atoms with Crippen molar-refractivity contribution in [1.29, 1.82) is 5.26 Å². The zero-order chi connectivity index (χ0) is 16.9. The molecule has 0 spiro atoms. The van der Waals surface area contributed by atoms with Crippen LogP contribution in [-0.2, 0) is 20.9 Å². The van der Waals surface area contributed by atoms with Gasteiger partial charge in [-0.3, -0.25) is 9.59 Å². The number of carbonyl (C=O) groups excluding carboxylic acids is 2. The van der Waals surface area contributed by atoms with Crippen LogP contribution in [0.5, 0.6) is 0 Å². The number of hydrogen-bond acceptors (Lipinski definition) is 4. The van der Waals surface area contributed by atoms with Gasteiger partial charge in [0.2, 0.25) is 11.8 Å². The molecule has 3 rings (SSSR count). The minimum Gasteiger partial charge on any atom is -0.369 e. The molecular formula is C18H21N3O3. The third kappa shape index (κ3) is 3.57. The highest BCUT2D eigenvalue weighted by Gasteiger charge is 2.37. The first kappa shape index (κ1) is 16.5. The van der Waals surface area contributed by atoms with Crippen LogP contribution in [0.1, 0.15) is 18.4 Å². The molecule has 0 aliphatic carbocycles. The molecule has 126 valence electrons. The molecule has 0 unspecified atom stereocenters. The smallest absolute Gasteiger partial charge is 0.249 e. The predicted molar refractivity (Wildman–Crippen MR) is 86.5 cm³/mol. The van der Waals surface area contributed by atoms with Crippen molar-refractivity contribution in [2.45, 2.75) is 25.4 Å². The van der Waals surface area contributed by atoms with Gasteiger partial charge in [0.25, 0.3) is 0 Å². The van der Waals surface area contributed by atoms with E-state index in [-0.39, 0.29) is 30.9 Å². The molecule has 6 nitrogen and oxygen atoms in total. The molecule has 2 amide bonds. The van der Waals surface area contributed by atoms with Gasteiger partial charge in [0.05, 0.1) is 12.7 Å². The second kappa shape index (κ2) is 7.45. The predicted octanol–water partition coefficient (Wildman–Crippen LogP) is 1.18. The van der Waals surface area contributed by atoms with Gasteiger partial charge in [0.1, 0.15) is 12.6 Å². The molecule has 1 aromatic rings. The van der Waals surface area contributed by atoms with Gasteiger partial charge < -0.3 is 14.5 Å². The fraction of sp³-hybridized carbons (Fsp3) is 0.500. The van der Waals surface area contributed by atoms with Crippen molar-refractivity contribution in [3.05, 3.63) is 35.9 Å². The van der Waals surface area contributed by atoms with Gasteiger partial charge in [-0.1, -0.05) is 30.3 Å². The van der Waals surface area contributed by atoms with Crippen LogP contribution in [0, 0.1) is 17.2 Å². The van der Waals surface area contributed by atoms with Crippen LogP contribution in [0.25, 0.3) is 0 Å². The van der Waals surface area contributed by atoms with E-state index in [1.807, 2.05) is 30.3 Å². The Labute approximate surface area is 141 Å². The summed E-state index contributed by atoms with van der Waals surface area (Å²) in [4.78, 5) is 28.5. The van der Waals surface area contributed by atoms with Gasteiger partial charge in [-0.2, -0.15) is 5.26 Å². The number of ether oxygens (including phenoxy) is 1. The second-order valence-electron chi connectivity index (χ2n) is 6.27. The van der Waals surface area contributed by atoms with Crippen molar-refractivity contribution in [3.63, 3.8) is 0 Å². The summed E-state index contributed by atoms with van der Waals surface area (Å²) in [6, 6.07) is 11.3. The standard InChI is InChI=1S/C18H21N3O3/c19-10-14-6-8-20(9-7-14)18(23)16-12-24-13-17(22)21(16)11-15-4-2-1-3-5-15/h1-5,14,16H,6-9,11-13H2/t16-/m1/s1. The Hall–Kier alpha value is -2.39. The largest absolute Gasteiger partial charge is 0.369 e. The lowest BCUT2D eigenvalue weighted by molar-refractivity contribution is -0.160. The van der Waals surface area contributed by atoms with Crippen LogP contribution in [0.15, 0.2) is 30.3 Å². The van der Waals surface area contributed by atoms with E-state index in [2.05, 4.69) is 6.07 Å². The molecule has 2 saturated heterocycles. The van der Waals surface area contributed by atoms with Crippen LogP contribution in [-0.4, -0.2) is 54.0 Å². The average molecular weight is 327 g/mol. The summed E-state index contributed by atoms with van der Waals surface area (Å²) in [5.41, 5.74) is 0.994. The monoisotopic (exact) mass is 327 g/mol. The molecule has 2 fully saturated rings. The van der Waals surface area contributed by atoms with Crippen molar-refractivity contribution in [3.8, 4) is 6.07 Å². The number of morpholine rings is 1. The Balaban J connectivity index is 1.70. The van der Waals surface area contributed by atoms with E-state index in [4.69, 9.17) is 10.00 Å². The second-order valence-corrected chi connectivity index (χ2v) is 6.27. The molecule has 24 heavy (non-hydrogen) atoms. The van der Waals surface area contributed by atoms with E-state index in [0.29, 0.717) is 32.5 Å². The summed E-state index contributed by atoms with van der Waals surface area (Å²) in [5.74, 6) is -0.204. The molecule has 0 saturated carbocycles. The fourth-order valence-corrected chi connectivity index (χ4v) is 3.23. The Bertz CT molecular complexity index is 633. The first-order chi connectivity index (χ1) is 11.7. The van der Waals surface area contributed by atoms with E-state index in [1.54, 1.807) is 9.80 Å². The first-order valence-corrected chi connectivity index (χ1v) is 8.28. The third-order valence-corrected chi connectivity index (χ3v) is 4.67. The quantitative estimate of drug-likeness (QED) is 0.835. The van der Waals surface area contributed by atoms with E-state index in [9.17, 15) is 9.59 Å². The van der Waals surface area contributed by atoms with Gasteiger partial charge >= 0.3 is 0 Å².